The van der Waals surface area contributed by atoms with E-state index in [4.69, 9.17) is 11.5 Å². The minimum absolute atomic E-state index is 0.0495. The maximum Gasteiger partial charge on any atom is 0.236 e. The number of primary amides is 1. The average Bonchev–Trinajstić information content (AvgIpc) is 2.19. The lowest BCUT2D eigenvalue weighted by Gasteiger charge is -2.32. The van der Waals surface area contributed by atoms with E-state index in [1.165, 1.54) is 0 Å². The van der Waals surface area contributed by atoms with Crippen LogP contribution in [-0.4, -0.2) is 18.5 Å². The molecule has 0 bridgehead atoms. The van der Waals surface area contributed by atoms with Gasteiger partial charge in [-0.1, -0.05) is 19.3 Å². The molecule has 5 nitrogen and oxygen atoms in total. The van der Waals surface area contributed by atoms with E-state index in [-0.39, 0.29) is 12.6 Å². The van der Waals surface area contributed by atoms with E-state index in [2.05, 4.69) is 5.32 Å². The maximum absolute atomic E-state index is 11.7. The van der Waals surface area contributed by atoms with Crippen LogP contribution in [-0.2, 0) is 9.59 Å². The van der Waals surface area contributed by atoms with E-state index in [9.17, 15) is 9.59 Å². The highest BCUT2D eigenvalue weighted by Crippen LogP contribution is 2.36. The quantitative estimate of drug-likeness (QED) is 0.420. The van der Waals surface area contributed by atoms with Crippen LogP contribution >= 0.6 is 0 Å². The predicted molar refractivity (Wildman–Crippen MR) is 51.9 cm³/mol. The monoisotopic (exact) mass is 199 g/mol. The molecule has 0 spiro atoms. The Hall–Kier alpha value is -1.10. The molecule has 0 radical (unpaired) electrons. The molecule has 1 rings (SSSR count). The number of carbonyl (C=O) groups is 2. The van der Waals surface area contributed by atoms with Crippen LogP contribution in [0, 0.1) is 5.41 Å². The zero-order valence-electron chi connectivity index (χ0n) is 8.21. The molecule has 14 heavy (non-hydrogen) atoms. The molecule has 0 aromatic heterocycles. The van der Waals surface area contributed by atoms with Crippen molar-refractivity contribution in [2.75, 3.05) is 6.67 Å². The topological polar surface area (TPSA) is 98.2 Å². The minimum atomic E-state index is -1.00. The van der Waals surface area contributed by atoms with Crippen molar-refractivity contribution in [3.8, 4) is 0 Å². The van der Waals surface area contributed by atoms with Crippen molar-refractivity contribution in [3.63, 3.8) is 0 Å². The normalized spacial score (nSPS) is 20.1. The van der Waals surface area contributed by atoms with Crippen molar-refractivity contribution in [1.82, 2.24) is 5.32 Å². The van der Waals surface area contributed by atoms with E-state index >= 15 is 0 Å². The lowest BCUT2D eigenvalue weighted by molar-refractivity contribution is -0.144. The Morgan fingerprint density at radius 1 is 1.21 bits per heavy atom. The van der Waals surface area contributed by atoms with Gasteiger partial charge in [0, 0.05) is 0 Å². The Morgan fingerprint density at radius 2 is 1.79 bits per heavy atom. The van der Waals surface area contributed by atoms with Gasteiger partial charge >= 0.3 is 0 Å². The summed E-state index contributed by atoms with van der Waals surface area (Å²) in [5.41, 5.74) is 9.50. The fourth-order valence-corrected chi connectivity index (χ4v) is 2.00. The molecule has 0 aliphatic heterocycles. The zero-order chi connectivity index (χ0) is 10.6. The molecule has 1 fully saturated rings. The summed E-state index contributed by atoms with van der Waals surface area (Å²) >= 11 is 0. The van der Waals surface area contributed by atoms with Crippen LogP contribution in [0.15, 0.2) is 0 Å². The molecule has 0 unspecified atom stereocenters. The van der Waals surface area contributed by atoms with Crippen molar-refractivity contribution in [1.29, 1.82) is 0 Å². The first-order chi connectivity index (χ1) is 6.63. The van der Waals surface area contributed by atoms with E-state index in [0.29, 0.717) is 12.8 Å². The van der Waals surface area contributed by atoms with Gasteiger partial charge in [-0.2, -0.15) is 0 Å². The highest BCUT2D eigenvalue weighted by atomic mass is 16.2. The predicted octanol–water partition coefficient (Wildman–Crippen LogP) is -0.545. The number of nitrogens with one attached hydrogen (secondary N) is 1. The number of nitrogens with two attached hydrogens (primary N) is 2. The van der Waals surface area contributed by atoms with Crippen molar-refractivity contribution in [2.45, 2.75) is 32.1 Å². The molecule has 0 saturated heterocycles. The third kappa shape index (κ3) is 1.87. The van der Waals surface area contributed by atoms with Gasteiger partial charge in [-0.3, -0.25) is 9.59 Å². The highest BCUT2D eigenvalue weighted by Gasteiger charge is 2.44. The Morgan fingerprint density at radius 3 is 2.21 bits per heavy atom. The van der Waals surface area contributed by atoms with Gasteiger partial charge in [0.15, 0.2) is 0 Å². The average molecular weight is 199 g/mol. The zero-order valence-corrected chi connectivity index (χ0v) is 8.21. The molecular formula is C9H17N3O2. The van der Waals surface area contributed by atoms with Gasteiger partial charge in [0.25, 0.3) is 0 Å². The fourth-order valence-electron chi connectivity index (χ4n) is 2.00. The first kappa shape index (κ1) is 11.0. The van der Waals surface area contributed by atoms with E-state index in [0.717, 1.165) is 19.3 Å². The largest absolute Gasteiger partial charge is 0.369 e. The fraction of sp³-hybridized carbons (Fsp3) is 0.778. The summed E-state index contributed by atoms with van der Waals surface area (Å²) in [6.07, 6.45) is 3.91. The summed E-state index contributed by atoms with van der Waals surface area (Å²) in [5.74, 6) is -0.838. The molecule has 0 atom stereocenters. The van der Waals surface area contributed by atoms with Crippen molar-refractivity contribution in [3.05, 3.63) is 0 Å². The lowest BCUT2D eigenvalue weighted by atomic mass is 9.73. The standard InChI is InChI=1S/C9H17N3O2/c10-6-12-8(14)9(7(11)13)4-2-1-3-5-9/h1-6,10H2,(H2,11,13)(H,12,14). The maximum atomic E-state index is 11.7. The highest BCUT2D eigenvalue weighted by molar-refractivity contribution is 6.04. The van der Waals surface area contributed by atoms with Crippen LogP contribution in [0.2, 0.25) is 0 Å². The summed E-state index contributed by atoms with van der Waals surface area (Å²) in [6, 6.07) is 0. The molecule has 1 aliphatic carbocycles. The van der Waals surface area contributed by atoms with Gasteiger partial charge in [-0.05, 0) is 12.8 Å². The van der Waals surface area contributed by atoms with Crippen LogP contribution in [0.3, 0.4) is 0 Å². The summed E-state index contributed by atoms with van der Waals surface area (Å²) < 4.78 is 0. The lowest BCUT2D eigenvalue weighted by Crippen LogP contribution is -2.51. The van der Waals surface area contributed by atoms with Gasteiger partial charge in [0.1, 0.15) is 5.41 Å². The molecule has 0 heterocycles. The van der Waals surface area contributed by atoms with Gasteiger partial charge in [-0.15, -0.1) is 0 Å². The number of hydrogen-bond donors (Lipinski definition) is 3. The van der Waals surface area contributed by atoms with E-state index < -0.39 is 11.3 Å². The molecular weight excluding hydrogens is 182 g/mol. The van der Waals surface area contributed by atoms with Gasteiger partial charge in [0.05, 0.1) is 6.67 Å². The van der Waals surface area contributed by atoms with Crippen LogP contribution in [0.25, 0.3) is 0 Å². The van der Waals surface area contributed by atoms with E-state index in [1.54, 1.807) is 0 Å². The van der Waals surface area contributed by atoms with Gasteiger partial charge in [-0.25, -0.2) is 0 Å². The van der Waals surface area contributed by atoms with Crippen LogP contribution in [0.1, 0.15) is 32.1 Å². The molecule has 0 aromatic rings. The van der Waals surface area contributed by atoms with Gasteiger partial charge < -0.3 is 16.8 Å². The summed E-state index contributed by atoms with van der Waals surface area (Å²) in [4.78, 5) is 23.0. The first-order valence-corrected chi connectivity index (χ1v) is 4.92. The Labute approximate surface area is 83.2 Å². The van der Waals surface area contributed by atoms with Crippen molar-refractivity contribution >= 4 is 11.8 Å². The van der Waals surface area contributed by atoms with Crippen molar-refractivity contribution in [2.24, 2.45) is 16.9 Å². The number of rotatable bonds is 3. The second-order valence-electron chi connectivity index (χ2n) is 3.72. The third-order valence-corrected chi connectivity index (χ3v) is 2.88. The Bertz CT molecular complexity index is 234. The van der Waals surface area contributed by atoms with Crippen LogP contribution in [0.4, 0.5) is 0 Å². The SMILES string of the molecule is NCNC(=O)C1(C(N)=O)CCCCC1. The smallest absolute Gasteiger partial charge is 0.236 e. The summed E-state index contributed by atoms with van der Waals surface area (Å²) in [6.45, 7) is 0.0495. The van der Waals surface area contributed by atoms with Crippen molar-refractivity contribution < 1.29 is 9.59 Å². The summed E-state index contributed by atoms with van der Waals surface area (Å²) in [7, 11) is 0. The third-order valence-electron chi connectivity index (χ3n) is 2.88. The number of hydrogen-bond acceptors (Lipinski definition) is 3. The molecule has 1 aliphatic rings. The minimum Gasteiger partial charge on any atom is -0.369 e. The van der Waals surface area contributed by atoms with Crippen LogP contribution < -0.4 is 16.8 Å². The van der Waals surface area contributed by atoms with Crippen LogP contribution in [0.5, 0.6) is 0 Å². The molecule has 5 N–H and O–H groups in total. The summed E-state index contributed by atoms with van der Waals surface area (Å²) in [5, 5.41) is 2.48. The number of carbonyl (C=O) groups excluding carboxylic acids is 2. The molecule has 2 amide bonds. The molecule has 80 valence electrons. The second kappa shape index (κ2) is 4.41. The second-order valence-corrected chi connectivity index (χ2v) is 3.72. The molecule has 0 aromatic carbocycles. The molecule has 1 saturated carbocycles. The molecule has 5 heteroatoms. The Kier molecular flexibility index (Phi) is 3.46. The Balaban J connectivity index is 2.80. The number of amides is 2. The van der Waals surface area contributed by atoms with E-state index in [1.807, 2.05) is 0 Å². The van der Waals surface area contributed by atoms with Gasteiger partial charge in [0.2, 0.25) is 11.8 Å². The first-order valence-electron chi connectivity index (χ1n) is 4.92.